The number of pyridine rings is 1. The summed E-state index contributed by atoms with van der Waals surface area (Å²) in [4.78, 5) is 14.8. The summed E-state index contributed by atoms with van der Waals surface area (Å²) < 4.78 is 39.7. The zero-order valence-corrected chi connectivity index (χ0v) is 22.6. The predicted octanol–water partition coefficient (Wildman–Crippen LogP) is 7.62. The Morgan fingerprint density at radius 2 is 1.42 bits per heavy atom. The van der Waals surface area contributed by atoms with Crippen molar-refractivity contribution in [2.24, 2.45) is 0 Å². The molecule has 7 heteroatoms. The number of benzene rings is 2. The number of thiocarbonyl (C=S) groups is 1. The number of hydrogen-bond donors (Lipinski definition) is 0. The maximum Gasteiger partial charge on any atom is 0.127 e. The van der Waals surface area contributed by atoms with Crippen molar-refractivity contribution in [2.45, 2.75) is 39.5 Å². The second kappa shape index (κ2) is 16.4. The van der Waals surface area contributed by atoms with E-state index in [4.69, 9.17) is 17.0 Å². The van der Waals surface area contributed by atoms with Gasteiger partial charge in [-0.25, -0.2) is 13.2 Å². The van der Waals surface area contributed by atoms with E-state index in [2.05, 4.69) is 32.0 Å². The summed E-state index contributed by atoms with van der Waals surface area (Å²) in [5.41, 5.74) is 4.02. The zero-order chi connectivity index (χ0) is 28.0. The fourth-order valence-corrected chi connectivity index (χ4v) is 3.34. The Kier molecular flexibility index (Phi) is 14.9. The molecule has 0 fully saturated rings. The number of hydrogen-bond acceptors (Lipinski definition) is 3. The number of aryl methyl sites for hydroxylation is 1. The fourth-order valence-electron chi connectivity index (χ4n) is 3.23. The van der Waals surface area contributed by atoms with Gasteiger partial charge in [0.05, 0.1) is 5.69 Å². The van der Waals surface area contributed by atoms with E-state index >= 15 is 0 Å². The molecule has 2 aromatic carbocycles. The van der Waals surface area contributed by atoms with Gasteiger partial charge in [0.1, 0.15) is 29.2 Å². The zero-order valence-electron chi connectivity index (χ0n) is 21.8. The third-order valence-corrected chi connectivity index (χ3v) is 5.78. The Balaban J connectivity index is 0.000000730. The molecule has 1 unspecified atom stereocenters. The molecule has 0 aliphatic rings. The molecule has 0 N–H and O–H groups in total. The quantitative estimate of drug-likeness (QED) is 0.264. The second-order valence-electron chi connectivity index (χ2n) is 8.22. The smallest absolute Gasteiger partial charge is 0.127 e. The van der Waals surface area contributed by atoms with Gasteiger partial charge in [-0.05, 0) is 71.5 Å². The summed E-state index contributed by atoms with van der Waals surface area (Å²) in [5, 5.41) is 0. The minimum absolute atomic E-state index is 0.163. The van der Waals surface area contributed by atoms with Crippen LogP contribution in [0.2, 0.25) is 0 Å². The molecule has 0 saturated heterocycles. The standard InChI is InChI=1S/C17H18F2N2S.C9H11F.C2H4.CH2O/c1-10-7-16(17(22)21(3)4)20-9-14(10)11(2)13-8-12(18)5-6-15(13)19;1-7(2)8-3-5-9(10)6-4-8;2*1-2/h5-9,11H,1-4H3;3-7H,1-2H3;1-2H2;1H2. The molecule has 1 heterocycles. The molecule has 0 aliphatic carbocycles. The highest BCUT2D eigenvalue weighted by molar-refractivity contribution is 7.80. The average Bonchev–Trinajstić information content (AvgIpc) is 2.87. The first kappa shape index (κ1) is 32.7. The van der Waals surface area contributed by atoms with E-state index in [-0.39, 0.29) is 11.7 Å². The molecule has 0 saturated carbocycles. The Labute approximate surface area is 218 Å². The van der Waals surface area contributed by atoms with E-state index in [0.717, 1.165) is 23.3 Å². The van der Waals surface area contributed by atoms with Crippen LogP contribution in [0.5, 0.6) is 0 Å². The average molecular weight is 517 g/mol. The Morgan fingerprint density at radius 1 is 0.889 bits per heavy atom. The summed E-state index contributed by atoms with van der Waals surface area (Å²) in [5.74, 6) is -0.823. The predicted molar refractivity (Wildman–Crippen MR) is 147 cm³/mol. The van der Waals surface area contributed by atoms with Crippen LogP contribution in [0.3, 0.4) is 0 Å². The van der Waals surface area contributed by atoms with Crippen LogP contribution in [0.4, 0.5) is 13.2 Å². The van der Waals surface area contributed by atoms with Crippen molar-refractivity contribution in [1.82, 2.24) is 9.88 Å². The molecule has 0 radical (unpaired) electrons. The van der Waals surface area contributed by atoms with Crippen LogP contribution in [0, 0.1) is 24.4 Å². The number of carbonyl (C=O) groups is 1. The largest absolute Gasteiger partial charge is 0.367 e. The Hall–Kier alpha value is -3.32. The van der Waals surface area contributed by atoms with Gasteiger partial charge in [0.2, 0.25) is 0 Å². The number of halogens is 3. The molecular formula is C29H35F3N2OS. The van der Waals surface area contributed by atoms with E-state index in [1.165, 1.54) is 23.8 Å². The van der Waals surface area contributed by atoms with Crippen molar-refractivity contribution >= 4 is 24.0 Å². The van der Waals surface area contributed by atoms with Crippen molar-refractivity contribution in [2.75, 3.05) is 14.1 Å². The number of nitrogens with zero attached hydrogens (tertiary/aromatic N) is 2. The highest BCUT2D eigenvalue weighted by Gasteiger charge is 2.17. The first-order valence-corrected chi connectivity index (χ1v) is 11.6. The summed E-state index contributed by atoms with van der Waals surface area (Å²) >= 11 is 5.30. The topological polar surface area (TPSA) is 33.2 Å². The number of carbonyl (C=O) groups excluding carboxylic acids is 1. The van der Waals surface area contributed by atoms with Gasteiger partial charge in [-0.3, -0.25) is 4.98 Å². The maximum absolute atomic E-state index is 13.9. The molecule has 3 nitrogen and oxygen atoms in total. The van der Waals surface area contributed by atoms with Crippen LogP contribution in [0.15, 0.2) is 67.9 Å². The van der Waals surface area contributed by atoms with Crippen molar-refractivity contribution in [3.63, 3.8) is 0 Å². The molecule has 3 aromatic rings. The maximum atomic E-state index is 13.9. The molecule has 194 valence electrons. The molecule has 0 amide bonds. The highest BCUT2D eigenvalue weighted by Crippen LogP contribution is 2.29. The lowest BCUT2D eigenvalue weighted by atomic mass is 9.90. The monoisotopic (exact) mass is 516 g/mol. The molecule has 0 spiro atoms. The SMILES string of the molecule is C=C.C=O.CC(C)c1ccc(F)cc1.Cc1cc(C(=S)N(C)C)ncc1C(C)c1cc(F)ccc1F. The van der Waals surface area contributed by atoms with Crippen molar-refractivity contribution in [3.8, 4) is 0 Å². The van der Waals surface area contributed by atoms with E-state index in [1.54, 1.807) is 6.20 Å². The molecule has 1 atom stereocenters. The van der Waals surface area contributed by atoms with Gasteiger partial charge in [0.25, 0.3) is 0 Å². The third-order valence-electron chi connectivity index (χ3n) is 5.20. The van der Waals surface area contributed by atoms with Crippen LogP contribution in [-0.2, 0) is 4.79 Å². The van der Waals surface area contributed by atoms with Crippen molar-refractivity contribution in [1.29, 1.82) is 0 Å². The van der Waals surface area contributed by atoms with Crippen LogP contribution in [-0.4, -0.2) is 35.8 Å². The first-order chi connectivity index (χ1) is 17.0. The molecule has 1 aromatic heterocycles. The minimum atomic E-state index is -0.445. The lowest BCUT2D eigenvalue weighted by Crippen LogP contribution is -2.22. The molecular weight excluding hydrogens is 481 g/mol. The molecule has 3 rings (SSSR count). The summed E-state index contributed by atoms with van der Waals surface area (Å²) in [6.07, 6.45) is 1.69. The minimum Gasteiger partial charge on any atom is -0.367 e. The normalized spacial score (nSPS) is 10.5. The van der Waals surface area contributed by atoms with Gasteiger partial charge in [-0.2, -0.15) is 0 Å². The molecule has 36 heavy (non-hydrogen) atoms. The summed E-state index contributed by atoms with van der Waals surface area (Å²) in [6, 6.07) is 12.0. The fraction of sp³-hybridized carbons (Fsp3) is 0.276. The van der Waals surface area contributed by atoms with Crippen LogP contribution < -0.4 is 0 Å². The van der Waals surface area contributed by atoms with Gasteiger partial charge in [-0.15, -0.1) is 13.2 Å². The molecule has 0 aliphatic heterocycles. The second-order valence-corrected chi connectivity index (χ2v) is 8.61. The summed E-state index contributed by atoms with van der Waals surface area (Å²) in [6.45, 7) is 15.9. The van der Waals surface area contributed by atoms with E-state index in [9.17, 15) is 13.2 Å². The van der Waals surface area contributed by atoms with E-state index in [1.807, 2.05) is 57.8 Å². The van der Waals surface area contributed by atoms with E-state index < -0.39 is 11.6 Å². The Morgan fingerprint density at radius 3 is 1.89 bits per heavy atom. The van der Waals surface area contributed by atoms with Crippen molar-refractivity contribution in [3.05, 3.63) is 113 Å². The lowest BCUT2D eigenvalue weighted by Gasteiger charge is -2.18. The Bertz CT molecular complexity index is 1100. The third kappa shape index (κ3) is 9.74. The van der Waals surface area contributed by atoms with Crippen LogP contribution >= 0.6 is 12.2 Å². The molecule has 0 bridgehead atoms. The van der Waals surface area contributed by atoms with Gasteiger partial charge in [0.15, 0.2) is 0 Å². The van der Waals surface area contributed by atoms with Gasteiger partial charge in [-0.1, -0.05) is 45.1 Å². The van der Waals surface area contributed by atoms with Gasteiger partial charge < -0.3 is 9.69 Å². The van der Waals surface area contributed by atoms with Crippen LogP contribution in [0.1, 0.15) is 60.6 Å². The summed E-state index contributed by atoms with van der Waals surface area (Å²) in [7, 11) is 3.72. The lowest BCUT2D eigenvalue weighted by molar-refractivity contribution is -0.0980. The van der Waals surface area contributed by atoms with Gasteiger partial charge >= 0.3 is 0 Å². The highest BCUT2D eigenvalue weighted by atomic mass is 32.1. The van der Waals surface area contributed by atoms with Crippen LogP contribution in [0.25, 0.3) is 0 Å². The number of rotatable bonds is 4. The van der Waals surface area contributed by atoms with E-state index in [0.29, 0.717) is 22.2 Å². The van der Waals surface area contributed by atoms with Gasteiger partial charge in [0, 0.05) is 26.2 Å². The number of aromatic nitrogens is 1. The first-order valence-electron chi connectivity index (χ1n) is 11.2. The van der Waals surface area contributed by atoms with Crippen molar-refractivity contribution < 1.29 is 18.0 Å².